The number of anilines is 3. The fraction of sp³-hybridized carbons (Fsp3) is 0.438. The van der Waals surface area contributed by atoms with Gasteiger partial charge in [0.25, 0.3) is 11.6 Å². The molecule has 1 saturated heterocycles. The minimum atomic E-state index is -3.21. The molecule has 0 radical (unpaired) electrons. The molecular formula is C48H57N5O10Si. The maximum Gasteiger partial charge on any atom is 0.269 e. The molecule has 338 valence electrons. The lowest BCUT2D eigenvalue weighted by molar-refractivity contribution is -0.385. The van der Waals surface area contributed by atoms with E-state index in [1.807, 2.05) is 80.6 Å². The van der Waals surface area contributed by atoms with Crippen LogP contribution in [0.25, 0.3) is 0 Å². The van der Waals surface area contributed by atoms with Crippen molar-refractivity contribution in [1.29, 1.82) is 0 Å². The van der Waals surface area contributed by atoms with Crippen molar-refractivity contribution in [2.24, 2.45) is 5.92 Å². The van der Waals surface area contributed by atoms with E-state index in [0.29, 0.717) is 61.6 Å². The summed E-state index contributed by atoms with van der Waals surface area (Å²) in [5, 5.41) is 35.3. The summed E-state index contributed by atoms with van der Waals surface area (Å²) in [5.74, 6) is -0.809. The van der Waals surface area contributed by atoms with Gasteiger partial charge in [0.05, 0.1) is 60.7 Å². The summed E-state index contributed by atoms with van der Waals surface area (Å²) in [6, 6.07) is 24.2. The summed E-state index contributed by atoms with van der Waals surface area (Å²) in [7, 11) is -3.21. The number of nitrogens with one attached hydrogen (secondary N) is 1. The van der Waals surface area contributed by atoms with Crippen molar-refractivity contribution in [3.63, 3.8) is 0 Å². The number of rotatable bonds is 15. The molecule has 4 aromatic rings. The van der Waals surface area contributed by atoms with E-state index in [-0.39, 0.29) is 43.7 Å². The second-order valence-electron chi connectivity index (χ2n) is 18.0. The van der Waals surface area contributed by atoms with Crippen LogP contribution in [0.1, 0.15) is 60.9 Å². The highest BCUT2D eigenvalue weighted by Gasteiger charge is 2.67. The van der Waals surface area contributed by atoms with E-state index in [4.69, 9.17) is 9.47 Å². The summed E-state index contributed by atoms with van der Waals surface area (Å²) in [6.07, 6.45) is 1.25. The van der Waals surface area contributed by atoms with Gasteiger partial charge < -0.3 is 39.6 Å². The van der Waals surface area contributed by atoms with Crippen molar-refractivity contribution in [1.82, 2.24) is 10.2 Å². The molecule has 64 heavy (non-hydrogen) atoms. The molecular weight excluding hydrogens is 835 g/mol. The van der Waals surface area contributed by atoms with Gasteiger partial charge in [-0.15, -0.1) is 0 Å². The van der Waals surface area contributed by atoms with Gasteiger partial charge >= 0.3 is 0 Å². The van der Waals surface area contributed by atoms with Crippen molar-refractivity contribution < 1.29 is 43.8 Å². The number of amides is 3. The standard InChI is InChI=1S/C48H57N5O10Si/c1-5-62-38-17-19-41-34(23-38)24-40(49-20-8-9-21-54)46(57)52(41)35-14-12-31(13-15-35)27-51-42-18-16-36(53(59)60)25-39(42)48(47(51)58)30(2)45(64(3,4)61)43(63-48)26-44(56)50-28-33-11-7-6-10-32(33)22-37(50)29-55/h6-7,10-19,23,25,30,37,40,43,45,49,54-55,61H,5,8-9,20-22,24,26-29H2,1-4H3/t30-,37+,40?,43+,45-,48+/m1/s1. The molecule has 1 unspecified atom stereocenters. The number of fused-ring (bicyclic) bond motifs is 4. The zero-order chi connectivity index (χ0) is 45.5. The van der Waals surface area contributed by atoms with Gasteiger partial charge in [0.1, 0.15) is 5.75 Å². The Kier molecular flexibility index (Phi) is 12.8. The third-order valence-electron chi connectivity index (χ3n) is 13.5. The Morgan fingerprint density at radius 3 is 2.39 bits per heavy atom. The molecule has 16 heteroatoms. The van der Waals surface area contributed by atoms with E-state index in [1.54, 1.807) is 33.9 Å². The first-order valence-electron chi connectivity index (χ1n) is 22.2. The van der Waals surface area contributed by atoms with Crippen LogP contribution in [-0.4, -0.2) is 95.4 Å². The number of nitrogens with zero attached hydrogens (tertiary/aromatic N) is 4. The topological polar surface area (TPSA) is 195 Å². The number of carbonyl (C=O) groups excluding carboxylic acids is 3. The lowest BCUT2D eigenvalue weighted by Gasteiger charge is -2.37. The van der Waals surface area contributed by atoms with Crippen LogP contribution in [-0.2, 0) is 50.7 Å². The van der Waals surface area contributed by atoms with Crippen molar-refractivity contribution in [3.8, 4) is 5.75 Å². The highest BCUT2D eigenvalue weighted by molar-refractivity contribution is 6.71. The molecule has 1 fully saturated rings. The molecule has 0 bridgehead atoms. The minimum Gasteiger partial charge on any atom is -0.494 e. The SMILES string of the molecule is CCOc1ccc2c(c1)CC(NCCCCO)C(=O)N2c1ccc(CN2C(=O)[C@@]3(O[C@@H](CC(=O)N4Cc5ccccc5C[C@H]4CO)[C@H]([Si](C)(C)O)[C@H]3C)c3cc([N+](=O)[O-])ccc32)cc1. The zero-order valence-electron chi connectivity index (χ0n) is 36.7. The van der Waals surface area contributed by atoms with E-state index in [1.165, 1.54) is 12.1 Å². The molecule has 4 aromatic carbocycles. The Morgan fingerprint density at radius 1 is 0.969 bits per heavy atom. The number of nitro groups is 1. The largest absolute Gasteiger partial charge is 0.494 e. The van der Waals surface area contributed by atoms with Crippen LogP contribution in [0.15, 0.2) is 84.9 Å². The minimum absolute atomic E-state index is 0.0681. The van der Waals surface area contributed by atoms with E-state index < -0.39 is 54.4 Å². The van der Waals surface area contributed by atoms with Crippen LogP contribution in [0, 0.1) is 16.0 Å². The summed E-state index contributed by atoms with van der Waals surface area (Å²) < 4.78 is 12.7. The summed E-state index contributed by atoms with van der Waals surface area (Å²) >= 11 is 0. The Hall–Kier alpha value is -5.49. The Labute approximate surface area is 373 Å². The molecule has 6 atom stereocenters. The number of non-ortho nitro benzene ring substituents is 1. The molecule has 8 rings (SSSR count). The van der Waals surface area contributed by atoms with Gasteiger partial charge in [-0.1, -0.05) is 43.3 Å². The van der Waals surface area contributed by atoms with Gasteiger partial charge in [-0.25, -0.2) is 0 Å². The van der Waals surface area contributed by atoms with Gasteiger partial charge in [-0.05, 0) is 111 Å². The first kappa shape index (κ1) is 45.1. The highest BCUT2D eigenvalue weighted by atomic mass is 28.4. The molecule has 0 saturated carbocycles. The lowest BCUT2D eigenvalue weighted by atomic mass is 9.82. The number of benzene rings is 4. The second kappa shape index (κ2) is 18.2. The van der Waals surface area contributed by atoms with E-state index in [2.05, 4.69) is 5.32 Å². The van der Waals surface area contributed by atoms with Gasteiger partial charge in [-0.3, -0.25) is 29.4 Å². The number of nitro benzene ring substituents is 1. The first-order valence-corrected chi connectivity index (χ1v) is 25.2. The Morgan fingerprint density at radius 2 is 1.70 bits per heavy atom. The van der Waals surface area contributed by atoms with Crippen LogP contribution < -0.4 is 19.9 Å². The highest BCUT2D eigenvalue weighted by Crippen LogP contribution is 2.60. The predicted octanol–water partition coefficient (Wildman–Crippen LogP) is 5.63. The predicted molar refractivity (Wildman–Crippen MR) is 243 cm³/mol. The number of hydrogen-bond acceptors (Lipinski definition) is 11. The van der Waals surface area contributed by atoms with Crippen LogP contribution in [0.4, 0.5) is 22.7 Å². The molecule has 15 nitrogen and oxygen atoms in total. The molecule has 0 aliphatic carbocycles. The number of hydrogen-bond donors (Lipinski definition) is 4. The number of carbonyl (C=O) groups is 3. The second-order valence-corrected chi connectivity index (χ2v) is 21.9. The van der Waals surface area contributed by atoms with Gasteiger partial charge in [-0.2, -0.15) is 0 Å². The van der Waals surface area contributed by atoms with E-state index in [0.717, 1.165) is 34.4 Å². The van der Waals surface area contributed by atoms with Crippen LogP contribution in [0.5, 0.6) is 5.75 Å². The molecule has 4 aliphatic heterocycles. The normalized spacial score (nSPS) is 23.9. The summed E-state index contributed by atoms with van der Waals surface area (Å²) in [6.45, 7) is 8.53. The molecule has 4 heterocycles. The third kappa shape index (κ3) is 8.22. The fourth-order valence-electron chi connectivity index (χ4n) is 10.5. The van der Waals surface area contributed by atoms with Crippen molar-refractivity contribution in [2.75, 3.05) is 36.2 Å². The maximum absolute atomic E-state index is 15.2. The molecule has 4 aliphatic rings. The summed E-state index contributed by atoms with van der Waals surface area (Å²) in [4.78, 5) is 72.1. The van der Waals surface area contributed by atoms with E-state index in [9.17, 15) is 34.7 Å². The van der Waals surface area contributed by atoms with Crippen LogP contribution in [0.2, 0.25) is 18.6 Å². The van der Waals surface area contributed by atoms with Crippen LogP contribution in [0.3, 0.4) is 0 Å². The van der Waals surface area contributed by atoms with Crippen LogP contribution >= 0.6 is 0 Å². The Bertz CT molecular complexity index is 2430. The number of ether oxygens (including phenoxy) is 2. The molecule has 4 N–H and O–H groups in total. The van der Waals surface area contributed by atoms with Crippen molar-refractivity contribution >= 4 is 48.8 Å². The molecule has 0 aromatic heterocycles. The van der Waals surface area contributed by atoms with Gasteiger partial charge in [0, 0.05) is 48.0 Å². The maximum atomic E-state index is 15.2. The van der Waals surface area contributed by atoms with Gasteiger partial charge in [0.2, 0.25) is 11.8 Å². The molecule has 3 amide bonds. The van der Waals surface area contributed by atoms with Crippen molar-refractivity contribution in [3.05, 3.63) is 123 Å². The fourth-order valence-corrected chi connectivity index (χ4v) is 13.1. The quantitative estimate of drug-likeness (QED) is 0.0501. The lowest BCUT2D eigenvalue weighted by Crippen LogP contribution is -2.49. The monoisotopic (exact) mass is 891 g/mol. The van der Waals surface area contributed by atoms with Crippen molar-refractivity contribution in [2.45, 2.75) is 101 Å². The average Bonchev–Trinajstić information content (AvgIpc) is 3.70. The molecule has 1 spiro atoms. The first-order chi connectivity index (χ1) is 30.7. The van der Waals surface area contributed by atoms with Gasteiger partial charge in [0.15, 0.2) is 13.9 Å². The number of aliphatic hydroxyl groups excluding tert-OH is 2. The Balaban J connectivity index is 1.09. The third-order valence-corrected chi connectivity index (χ3v) is 16.0. The smallest absolute Gasteiger partial charge is 0.269 e. The summed E-state index contributed by atoms with van der Waals surface area (Å²) in [5.41, 5.74) is 3.26. The average molecular weight is 892 g/mol. The van der Waals surface area contributed by atoms with E-state index >= 15 is 4.79 Å². The zero-order valence-corrected chi connectivity index (χ0v) is 37.7. The number of aliphatic hydroxyl groups is 2. The number of unbranched alkanes of at least 4 members (excludes halogenated alkanes) is 1.